The maximum atomic E-state index is 12.5. The number of benzene rings is 2. The highest BCUT2D eigenvalue weighted by Gasteiger charge is 2.23. The molecule has 1 aliphatic rings. The average molecular weight is 430 g/mol. The van der Waals surface area contributed by atoms with Gasteiger partial charge >= 0.3 is 6.03 Å². The first-order valence-corrected chi connectivity index (χ1v) is 12.0. The van der Waals surface area contributed by atoms with Crippen LogP contribution >= 0.6 is 0 Å². The lowest BCUT2D eigenvalue weighted by Crippen LogP contribution is -2.46. The van der Waals surface area contributed by atoms with Gasteiger partial charge in [0.2, 0.25) is 10.0 Å². The van der Waals surface area contributed by atoms with Gasteiger partial charge < -0.3 is 10.2 Å². The van der Waals surface area contributed by atoms with Crippen molar-refractivity contribution in [1.29, 1.82) is 0 Å². The minimum atomic E-state index is -3.59. The fraction of sp³-hybridized carbons (Fsp3) is 0.435. The Kier molecular flexibility index (Phi) is 7.50. The number of amides is 2. The fourth-order valence-electron chi connectivity index (χ4n) is 3.83. The van der Waals surface area contributed by atoms with Crippen molar-refractivity contribution in [2.24, 2.45) is 5.92 Å². The molecule has 3 rings (SSSR count). The van der Waals surface area contributed by atoms with E-state index in [1.54, 1.807) is 19.1 Å². The molecule has 0 aliphatic carbocycles. The predicted octanol–water partition coefficient (Wildman–Crippen LogP) is 3.25. The Hall–Kier alpha value is -2.38. The van der Waals surface area contributed by atoms with Crippen molar-refractivity contribution in [2.75, 3.05) is 26.2 Å². The molecule has 6 nitrogen and oxygen atoms in total. The van der Waals surface area contributed by atoms with Crippen molar-refractivity contribution in [1.82, 2.24) is 14.9 Å². The third-order valence-electron chi connectivity index (χ3n) is 5.60. The molecule has 1 heterocycles. The summed E-state index contributed by atoms with van der Waals surface area (Å²) in [4.78, 5) is 14.5. The van der Waals surface area contributed by atoms with E-state index < -0.39 is 10.0 Å². The first-order valence-electron chi connectivity index (χ1n) is 10.5. The quantitative estimate of drug-likeness (QED) is 0.663. The smallest absolute Gasteiger partial charge is 0.317 e. The molecule has 1 saturated heterocycles. The van der Waals surface area contributed by atoms with E-state index in [1.807, 2.05) is 24.0 Å². The van der Waals surface area contributed by atoms with Gasteiger partial charge in [0.15, 0.2) is 0 Å². The van der Waals surface area contributed by atoms with Crippen LogP contribution in [0.2, 0.25) is 0 Å². The van der Waals surface area contributed by atoms with Crippen LogP contribution in [0.4, 0.5) is 4.79 Å². The predicted molar refractivity (Wildman–Crippen MR) is 119 cm³/mol. The molecule has 0 unspecified atom stereocenters. The van der Waals surface area contributed by atoms with Crippen LogP contribution in [-0.4, -0.2) is 45.5 Å². The Balaban J connectivity index is 1.39. The number of aryl methyl sites for hydroxylation is 2. The lowest BCUT2D eigenvalue weighted by Gasteiger charge is -2.32. The minimum Gasteiger partial charge on any atom is -0.337 e. The van der Waals surface area contributed by atoms with E-state index in [0.717, 1.165) is 37.9 Å². The molecule has 162 valence electrons. The lowest BCUT2D eigenvalue weighted by molar-refractivity contribution is 0.170. The zero-order valence-corrected chi connectivity index (χ0v) is 18.5. The van der Waals surface area contributed by atoms with Crippen LogP contribution in [-0.2, 0) is 16.4 Å². The molecule has 2 amide bonds. The van der Waals surface area contributed by atoms with E-state index in [-0.39, 0.29) is 24.0 Å². The number of rotatable bonds is 7. The number of hydrogen-bond donors (Lipinski definition) is 2. The Labute approximate surface area is 179 Å². The van der Waals surface area contributed by atoms with Crippen LogP contribution in [0.15, 0.2) is 53.4 Å². The van der Waals surface area contributed by atoms with E-state index in [9.17, 15) is 13.2 Å². The Morgan fingerprint density at radius 1 is 1.03 bits per heavy atom. The van der Waals surface area contributed by atoms with Gasteiger partial charge in [-0.05, 0) is 61.8 Å². The first-order chi connectivity index (χ1) is 14.3. The average Bonchev–Trinajstić information content (AvgIpc) is 2.74. The Morgan fingerprint density at radius 3 is 2.43 bits per heavy atom. The summed E-state index contributed by atoms with van der Waals surface area (Å²) in [6.45, 7) is 5.52. The topological polar surface area (TPSA) is 78.5 Å². The van der Waals surface area contributed by atoms with Crippen LogP contribution in [0.25, 0.3) is 0 Å². The zero-order valence-electron chi connectivity index (χ0n) is 17.7. The summed E-state index contributed by atoms with van der Waals surface area (Å²) in [6, 6.07) is 15.7. The molecular formula is C23H31N3O3S. The third-order valence-corrected chi connectivity index (χ3v) is 7.20. The van der Waals surface area contributed by atoms with E-state index in [0.29, 0.717) is 11.5 Å². The largest absolute Gasteiger partial charge is 0.337 e. The SMILES string of the molecule is Cc1ccc(C)c(S(=O)(=O)NCCNC(=O)N2CCC(Cc3ccccc3)CC2)c1. The minimum absolute atomic E-state index is 0.126. The molecular weight excluding hydrogens is 398 g/mol. The summed E-state index contributed by atoms with van der Waals surface area (Å²) >= 11 is 0. The van der Waals surface area contributed by atoms with Gasteiger partial charge in [-0.3, -0.25) is 0 Å². The molecule has 0 radical (unpaired) electrons. The number of nitrogens with zero attached hydrogens (tertiary/aromatic N) is 1. The molecule has 2 aromatic carbocycles. The maximum absolute atomic E-state index is 12.5. The summed E-state index contributed by atoms with van der Waals surface area (Å²) < 4.78 is 27.6. The molecule has 0 spiro atoms. The van der Waals surface area contributed by atoms with E-state index in [2.05, 4.69) is 34.3 Å². The zero-order chi connectivity index (χ0) is 21.6. The van der Waals surface area contributed by atoms with Crippen LogP contribution in [0, 0.1) is 19.8 Å². The monoisotopic (exact) mass is 429 g/mol. The number of likely N-dealkylation sites (tertiary alicyclic amines) is 1. The van der Waals surface area contributed by atoms with Gasteiger partial charge in [-0.15, -0.1) is 0 Å². The second kappa shape index (κ2) is 10.1. The third kappa shape index (κ3) is 6.06. The number of carbonyl (C=O) groups excluding carboxylic acids is 1. The molecule has 0 bridgehead atoms. The van der Waals surface area contributed by atoms with Gasteiger partial charge in [0.05, 0.1) is 4.90 Å². The van der Waals surface area contributed by atoms with Gasteiger partial charge in [0.1, 0.15) is 0 Å². The molecule has 30 heavy (non-hydrogen) atoms. The number of piperidine rings is 1. The fourth-order valence-corrected chi connectivity index (χ4v) is 5.19. The van der Waals surface area contributed by atoms with Gasteiger partial charge in [-0.2, -0.15) is 0 Å². The molecule has 7 heteroatoms. The van der Waals surface area contributed by atoms with E-state index in [4.69, 9.17) is 0 Å². The van der Waals surface area contributed by atoms with Gasteiger partial charge in [-0.1, -0.05) is 42.5 Å². The molecule has 0 aromatic heterocycles. The van der Waals surface area contributed by atoms with Crippen molar-refractivity contribution in [3.63, 3.8) is 0 Å². The van der Waals surface area contributed by atoms with Crippen LogP contribution in [0.1, 0.15) is 29.5 Å². The summed E-state index contributed by atoms with van der Waals surface area (Å²) in [5.41, 5.74) is 2.94. The highest BCUT2D eigenvalue weighted by molar-refractivity contribution is 7.89. The van der Waals surface area contributed by atoms with E-state index in [1.165, 1.54) is 5.56 Å². The van der Waals surface area contributed by atoms with E-state index >= 15 is 0 Å². The Bertz CT molecular complexity index is 953. The summed E-state index contributed by atoms with van der Waals surface area (Å²) in [5.74, 6) is 0.598. The standard InChI is InChI=1S/C23H31N3O3S/c1-18-8-9-19(2)22(16-18)30(28,29)25-13-12-24-23(27)26-14-10-21(11-15-26)17-20-6-4-3-5-7-20/h3-9,16,21,25H,10-15,17H2,1-2H3,(H,24,27). The van der Waals surface area contributed by atoms with Gasteiger partial charge in [-0.25, -0.2) is 17.9 Å². The first kappa shape index (κ1) is 22.3. The molecule has 2 N–H and O–H groups in total. The highest BCUT2D eigenvalue weighted by atomic mass is 32.2. The van der Waals surface area contributed by atoms with Crippen molar-refractivity contribution in [2.45, 2.75) is 38.0 Å². The number of sulfonamides is 1. The highest BCUT2D eigenvalue weighted by Crippen LogP contribution is 2.21. The van der Waals surface area contributed by atoms with Crippen LogP contribution in [0.3, 0.4) is 0 Å². The molecule has 2 aromatic rings. The molecule has 0 atom stereocenters. The van der Waals surface area contributed by atoms with Crippen molar-refractivity contribution in [3.05, 3.63) is 65.2 Å². The molecule has 1 aliphatic heterocycles. The molecule has 1 fully saturated rings. The van der Waals surface area contributed by atoms with Crippen LogP contribution < -0.4 is 10.0 Å². The summed E-state index contributed by atoms with van der Waals surface area (Å²) in [5, 5.41) is 2.83. The van der Waals surface area contributed by atoms with Crippen molar-refractivity contribution < 1.29 is 13.2 Å². The number of nitrogens with one attached hydrogen (secondary N) is 2. The summed E-state index contributed by atoms with van der Waals surface area (Å²) in [7, 11) is -3.59. The number of urea groups is 1. The van der Waals surface area contributed by atoms with Crippen LogP contribution in [0.5, 0.6) is 0 Å². The maximum Gasteiger partial charge on any atom is 0.317 e. The van der Waals surface area contributed by atoms with Gasteiger partial charge in [0.25, 0.3) is 0 Å². The van der Waals surface area contributed by atoms with Crippen molar-refractivity contribution >= 4 is 16.1 Å². The lowest BCUT2D eigenvalue weighted by atomic mass is 9.90. The Morgan fingerprint density at radius 2 is 1.73 bits per heavy atom. The number of hydrogen-bond acceptors (Lipinski definition) is 3. The molecule has 0 saturated carbocycles. The second-order valence-corrected chi connectivity index (χ2v) is 9.75. The normalized spacial score (nSPS) is 15.2. The number of carbonyl (C=O) groups is 1. The second-order valence-electron chi connectivity index (χ2n) is 8.02. The summed E-state index contributed by atoms with van der Waals surface area (Å²) in [6.07, 6.45) is 3.03. The van der Waals surface area contributed by atoms with Crippen molar-refractivity contribution in [3.8, 4) is 0 Å². The van der Waals surface area contributed by atoms with Gasteiger partial charge in [0, 0.05) is 26.2 Å².